The number of halogens is 1. The van der Waals surface area contributed by atoms with Crippen LogP contribution in [0.5, 0.6) is 0 Å². The molecule has 0 saturated heterocycles. The predicted molar refractivity (Wildman–Crippen MR) is 199 cm³/mol. The van der Waals surface area contributed by atoms with Crippen molar-refractivity contribution in [3.8, 4) is 0 Å². The number of anilines is 1. The van der Waals surface area contributed by atoms with E-state index < -0.39 is 6.09 Å². The second kappa shape index (κ2) is 25.2. The van der Waals surface area contributed by atoms with Gasteiger partial charge in [0.2, 0.25) is 0 Å². The highest BCUT2D eigenvalue weighted by Crippen LogP contribution is 2.26. The van der Waals surface area contributed by atoms with Crippen molar-refractivity contribution in [1.29, 1.82) is 0 Å². The second-order valence-corrected chi connectivity index (χ2v) is 13.6. The number of hydrogen-bond acceptors (Lipinski definition) is 1. The van der Waals surface area contributed by atoms with E-state index >= 15 is 0 Å². The Bertz CT molecular complexity index is 1260. The molecule has 2 aromatic carbocycles. The zero-order valence-corrected chi connectivity index (χ0v) is 31.4. The molecule has 1 aromatic heterocycles. The summed E-state index contributed by atoms with van der Waals surface area (Å²) in [6, 6.07) is 17.2. The Morgan fingerprint density at radius 3 is 1.88 bits per heavy atom. The van der Waals surface area contributed by atoms with E-state index in [2.05, 4.69) is 90.8 Å². The Kier molecular flexibility index (Phi) is 21.7. The number of aryl methyl sites for hydroxylation is 3. The summed E-state index contributed by atoms with van der Waals surface area (Å²) in [7, 11) is 0. The van der Waals surface area contributed by atoms with Gasteiger partial charge in [-0.25, -0.2) is 13.9 Å². The summed E-state index contributed by atoms with van der Waals surface area (Å²) in [6.45, 7) is 8.90. The lowest BCUT2D eigenvalue weighted by Gasteiger charge is -2.23. The van der Waals surface area contributed by atoms with Gasteiger partial charge in [0.1, 0.15) is 18.9 Å². The van der Waals surface area contributed by atoms with Crippen molar-refractivity contribution in [2.75, 3.05) is 11.4 Å². The number of rotatable bonds is 26. The molecule has 0 aliphatic carbocycles. The lowest BCUT2D eigenvalue weighted by molar-refractivity contribution is -0.695. The van der Waals surface area contributed by atoms with E-state index in [1.807, 2.05) is 0 Å². The quantitative estimate of drug-likeness (QED) is 0.0685. The minimum absolute atomic E-state index is 0. The van der Waals surface area contributed by atoms with Gasteiger partial charge in [-0.2, -0.15) is 0 Å². The Morgan fingerprint density at radius 1 is 0.708 bits per heavy atom. The second-order valence-electron chi connectivity index (χ2n) is 13.6. The van der Waals surface area contributed by atoms with Crippen LogP contribution in [0.25, 0.3) is 0 Å². The Morgan fingerprint density at radius 2 is 1.29 bits per heavy atom. The van der Waals surface area contributed by atoms with E-state index in [9.17, 15) is 9.90 Å². The van der Waals surface area contributed by atoms with Gasteiger partial charge in [-0.05, 0) is 48.4 Å². The monoisotopic (exact) mass is 679 g/mol. The molecule has 268 valence electrons. The van der Waals surface area contributed by atoms with Crippen molar-refractivity contribution in [3.05, 3.63) is 83.4 Å². The fourth-order valence-electron chi connectivity index (χ4n) is 6.92. The first-order chi connectivity index (χ1) is 23.1. The van der Waals surface area contributed by atoms with E-state index in [1.165, 1.54) is 119 Å². The highest BCUT2D eigenvalue weighted by atomic mass is 35.5. The molecule has 0 fully saturated rings. The van der Waals surface area contributed by atoms with Crippen LogP contribution in [-0.2, 0) is 32.4 Å². The lowest BCUT2D eigenvalue weighted by atomic mass is 9.97. The molecule has 0 bridgehead atoms. The van der Waals surface area contributed by atoms with Crippen molar-refractivity contribution < 1.29 is 26.9 Å². The smallest absolute Gasteiger partial charge is 0.411 e. The molecule has 5 nitrogen and oxygen atoms in total. The first-order valence-corrected chi connectivity index (χ1v) is 19.3. The molecule has 0 radical (unpaired) electrons. The fraction of sp³-hybridized carbons (Fsp3) is 0.619. The van der Waals surface area contributed by atoms with Crippen LogP contribution in [0.3, 0.4) is 0 Å². The van der Waals surface area contributed by atoms with E-state index in [1.54, 1.807) is 4.90 Å². The summed E-state index contributed by atoms with van der Waals surface area (Å²) >= 11 is 0. The molecule has 3 rings (SSSR count). The summed E-state index contributed by atoms with van der Waals surface area (Å²) in [6.07, 6.45) is 28.1. The average Bonchev–Trinajstić information content (AvgIpc) is 3.47. The summed E-state index contributed by atoms with van der Waals surface area (Å²) in [4.78, 5) is 14.3. The third kappa shape index (κ3) is 15.2. The number of aromatic nitrogens is 2. The highest BCUT2D eigenvalue weighted by Gasteiger charge is 2.20. The molecule has 1 heterocycles. The molecule has 1 N–H and O–H groups in total. The number of benzene rings is 2. The van der Waals surface area contributed by atoms with Gasteiger partial charge in [0, 0.05) is 19.4 Å². The molecule has 1 amide bonds. The van der Waals surface area contributed by atoms with Gasteiger partial charge in [-0.3, -0.25) is 4.90 Å². The van der Waals surface area contributed by atoms with Crippen molar-refractivity contribution in [2.24, 2.45) is 0 Å². The number of hydrogen-bond donors (Lipinski definition) is 1. The number of nitrogens with zero attached hydrogens (tertiary/aromatic N) is 3. The standard InChI is InChI=1S/C42H65N3O2.ClH/c1-4-7-9-11-13-15-17-20-25-37-29-30-40(39(35-37)28-23-18-16-14-12-10-8-5-2)45(42(46)47)32-24-31-43-33-34-44(41(43)6-3)36-38-26-21-19-22-27-38;/h19,21-22,26-27,29-30,33-35H,4-18,20,23-25,28,31-32,36H2,1-3H3;1H. The molecule has 0 saturated carbocycles. The Balaban J connectivity index is 0.00000800. The van der Waals surface area contributed by atoms with Crippen molar-refractivity contribution in [2.45, 2.75) is 162 Å². The molecule has 0 aliphatic rings. The molecule has 3 aromatic rings. The summed E-state index contributed by atoms with van der Waals surface area (Å²) in [5.74, 6) is 1.27. The summed E-state index contributed by atoms with van der Waals surface area (Å²) in [5, 5.41) is 10.4. The highest BCUT2D eigenvalue weighted by molar-refractivity contribution is 5.87. The molecule has 0 atom stereocenters. The predicted octanol–water partition coefficient (Wildman–Crippen LogP) is 8.33. The van der Waals surface area contributed by atoms with Crippen molar-refractivity contribution >= 4 is 11.8 Å². The number of imidazole rings is 1. The van der Waals surface area contributed by atoms with Gasteiger partial charge < -0.3 is 17.5 Å². The first-order valence-electron chi connectivity index (χ1n) is 19.3. The first kappa shape index (κ1) is 41.4. The molecule has 0 spiro atoms. The maximum absolute atomic E-state index is 12.7. The third-order valence-electron chi connectivity index (χ3n) is 9.67. The minimum Gasteiger partial charge on any atom is -1.00 e. The van der Waals surface area contributed by atoms with Crippen LogP contribution < -0.4 is 21.9 Å². The number of carbonyl (C=O) groups is 1. The van der Waals surface area contributed by atoms with Gasteiger partial charge in [-0.15, -0.1) is 0 Å². The van der Waals surface area contributed by atoms with E-state index in [0.717, 1.165) is 50.9 Å². The van der Waals surface area contributed by atoms with E-state index in [-0.39, 0.29) is 12.4 Å². The van der Waals surface area contributed by atoms with Crippen LogP contribution in [-0.4, -0.2) is 22.3 Å². The maximum atomic E-state index is 12.7. The Hall–Kier alpha value is -2.79. The van der Waals surface area contributed by atoms with Crippen LogP contribution in [0.2, 0.25) is 0 Å². The summed E-state index contributed by atoms with van der Waals surface area (Å²) < 4.78 is 4.62. The zero-order valence-electron chi connectivity index (χ0n) is 30.6. The molecular weight excluding hydrogens is 614 g/mol. The van der Waals surface area contributed by atoms with Crippen molar-refractivity contribution in [1.82, 2.24) is 4.57 Å². The van der Waals surface area contributed by atoms with Gasteiger partial charge in [0.05, 0.1) is 12.2 Å². The van der Waals surface area contributed by atoms with Gasteiger partial charge in [-0.1, -0.05) is 153 Å². The molecular formula is C42H66ClN3O2. The van der Waals surface area contributed by atoms with Gasteiger partial charge >= 0.3 is 6.09 Å². The molecule has 48 heavy (non-hydrogen) atoms. The van der Waals surface area contributed by atoms with Crippen LogP contribution in [0.4, 0.5) is 10.5 Å². The minimum atomic E-state index is -0.847. The number of amides is 1. The maximum Gasteiger partial charge on any atom is 0.411 e. The average molecular weight is 680 g/mol. The van der Waals surface area contributed by atoms with E-state index in [0.29, 0.717) is 6.54 Å². The molecule has 0 aliphatic heterocycles. The zero-order chi connectivity index (χ0) is 33.5. The van der Waals surface area contributed by atoms with Crippen LogP contribution in [0.15, 0.2) is 60.9 Å². The SMILES string of the molecule is CCCCCCCCCCc1ccc(N(CCCn2cc[n+](Cc3ccccc3)c2CC)C(=O)O)c(CCCCCCCCCC)c1.[Cl-]. The van der Waals surface area contributed by atoms with Crippen LogP contribution in [0, 0.1) is 0 Å². The van der Waals surface area contributed by atoms with Gasteiger partial charge in [0.15, 0.2) is 0 Å². The normalized spacial score (nSPS) is 11.1. The molecule has 0 unspecified atom stereocenters. The van der Waals surface area contributed by atoms with Crippen molar-refractivity contribution in [3.63, 3.8) is 0 Å². The number of unbranched alkanes of at least 4 members (excludes halogenated alkanes) is 14. The lowest BCUT2D eigenvalue weighted by Crippen LogP contribution is -3.00. The largest absolute Gasteiger partial charge is 1.00 e. The Labute approximate surface area is 299 Å². The van der Waals surface area contributed by atoms with Gasteiger partial charge in [0.25, 0.3) is 5.82 Å². The molecule has 6 heteroatoms. The topological polar surface area (TPSA) is 49.4 Å². The van der Waals surface area contributed by atoms with Crippen LogP contribution in [0.1, 0.15) is 152 Å². The summed E-state index contributed by atoms with van der Waals surface area (Å²) in [5.41, 5.74) is 4.76. The number of carboxylic acid groups (broad SMARTS) is 1. The van der Waals surface area contributed by atoms with Crippen LogP contribution >= 0.6 is 0 Å². The third-order valence-corrected chi connectivity index (χ3v) is 9.67. The van der Waals surface area contributed by atoms with E-state index in [4.69, 9.17) is 0 Å². The fourth-order valence-corrected chi connectivity index (χ4v) is 6.92.